The molecular formula is C7H13N3. The number of nitrogens with zero attached hydrogens (tertiary/aromatic N) is 2. The average Bonchev–Trinajstić information content (AvgIpc) is 2.38. The lowest BCUT2D eigenvalue weighted by molar-refractivity contribution is 0.513. The Labute approximate surface area is 60.9 Å². The minimum atomic E-state index is 0.479. The van der Waals surface area contributed by atoms with E-state index in [0.29, 0.717) is 6.04 Å². The number of hydrogen-bond donors (Lipinski definition) is 1. The van der Waals surface area contributed by atoms with Crippen molar-refractivity contribution >= 4 is 0 Å². The molecule has 56 valence electrons. The first-order chi connectivity index (χ1) is 4.84. The Morgan fingerprint density at radius 3 is 3.00 bits per heavy atom. The fourth-order valence-corrected chi connectivity index (χ4v) is 0.920. The van der Waals surface area contributed by atoms with Crippen LogP contribution in [-0.2, 0) is 0 Å². The Bertz CT molecular complexity index is 169. The molecule has 1 heterocycles. The van der Waals surface area contributed by atoms with Gasteiger partial charge in [-0.15, -0.1) is 0 Å². The van der Waals surface area contributed by atoms with E-state index >= 15 is 0 Å². The number of rotatable bonds is 3. The van der Waals surface area contributed by atoms with E-state index in [0.717, 1.165) is 13.0 Å². The van der Waals surface area contributed by atoms with Gasteiger partial charge >= 0.3 is 0 Å². The first kappa shape index (κ1) is 7.28. The molecule has 3 nitrogen and oxygen atoms in total. The molecule has 10 heavy (non-hydrogen) atoms. The second kappa shape index (κ2) is 3.37. The molecule has 1 unspecified atom stereocenters. The minimum absolute atomic E-state index is 0.479. The van der Waals surface area contributed by atoms with Gasteiger partial charge in [0.2, 0.25) is 0 Å². The van der Waals surface area contributed by atoms with Crippen LogP contribution in [0.5, 0.6) is 0 Å². The monoisotopic (exact) mass is 139 g/mol. The molecule has 0 fully saturated rings. The molecule has 0 aliphatic rings. The third-order valence-electron chi connectivity index (χ3n) is 1.62. The Morgan fingerprint density at radius 1 is 1.70 bits per heavy atom. The fourth-order valence-electron chi connectivity index (χ4n) is 0.920. The van der Waals surface area contributed by atoms with Crippen LogP contribution in [0.4, 0.5) is 0 Å². The molecule has 0 bridgehead atoms. The molecule has 1 aromatic heterocycles. The van der Waals surface area contributed by atoms with E-state index in [-0.39, 0.29) is 0 Å². The summed E-state index contributed by atoms with van der Waals surface area (Å²) in [6.45, 7) is 2.87. The number of hydrogen-bond acceptors (Lipinski definition) is 2. The second-order valence-corrected chi connectivity index (χ2v) is 2.44. The topological polar surface area (TPSA) is 43.8 Å². The Balaban J connectivity index is 2.50. The van der Waals surface area contributed by atoms with Gasteiger partial charge in [-0.25, -0.2) is 4.98 Å². The van der Waals surface area contributed by atoms with Crippen LogP contribution >= 0.6 is 0 Å². The lowest BCUT2D eigenvalue weighted by atomic mass is 10.2. The maximum absolute atomic E-state index is 5.40. The van der Waals surface area contributed by atoms with Gasteiger partial charge in [0.15, 0.2) is 0 Å². The third kappa shape index (κ3) is 1.57. The van der Waals surface area contributed by atoms with E-state index in [2.05, 4.69) is 16.5 Å². The van der Waals surface area contributed by atoms with Crippen molar-refractivity contribution in [1.29, 1.82) is 0 Å². The van der Waals surface area contributed by atoms with Crippen molar-refractivity contribution in [3.63, 3.8) is 0 Å². The van der Waals surface area contributed by atoms with Gasteiger partial charge in [-0.2, -0.15) is 0 Å². The zero-order chi connectivity index (χ0) is 7.40. The van der Waals surface area contributed by atoms with E-state index in [1.54, 1.807) is 6.20 Å². The van der Waals surface area contributed by atoms with Crippen LogP contribution in [0.3, 0.4) is 0 Å². The first-order valence-electron chi connectivity index (χ1n) is 3.52. The summed E-state index contributed by atoms with van der Waals surface area (Å²) < 4.78 is 2.06. The Kier molecular flexibility index (Phi) is 2.45. The number of nitrogens with two attached hydrogens (primary N) is 1. The van der Waals surface area contributed by atoms with E-state index in [4.69, 9.17) is 5.73 Å². The maximum atomic E-state index is 5.40. The second-order valence-electron chi connectivity index (χ2n) is 2.44. The molecule has 2 N–H and O–H groups in total. The average molecular weight is 139 g/mol. The van der Waals surface area contributed by atoms with Gasteiger partial charge in [-0.05, 0) is 19.9 Å². The standard InChI is InChI=1S/C7H13N3/c1-7(2-3-8)10-5-4-9-6-10/h4-7H,2-3,8H2,1H3. The lowest BCUT2D eigenvalue weighted by Crippen LogP contribution is -2.09. The predicted octanol–water partition coefficient (Wildman–Crippen LogP) is 0.793. The molecule has 0 aromatic carbocycles. The largest absolute Gasteiger partial charge is 0.335 e. The van der Waals surface area contributed by atoms with Crippen LogP contribution in [-0.4, -0.2) is 16.1 Å². The number of aromatic nitrogens is 2. The van der Waals surface area contributed by atoms with E-state index < -0.39 is 0 Å². The van der Waals surface area contributed by atoms with Crippen LogP contribution in [0, 0.1) is 0 Å². The number of imidazole rings is 1. The molecule has 0 radical (unpaired) electrons. The lowest BCUT2D eigenvalue weighted by Gasteiger charge is -2.10. The highest BCUT2D eigenvalue weighted by atomic mass is 15.0. The fraction of sp³-hybridized carbons (Fsp3) is 0.571. The van der Waals surface area contributed by atoms with Crippen LogP contribution in [0.2, 0.25) is 0 Å². The van der Waals surface area contributed by atoms with E-state index in [1.807, 2.05) is 12.5 Å². The van der Waals surface area contributed by atoms with Gasteiger partial charge in [0.05, 0.1) is 6.33 Å². The molecule has 0 amide bonds. The highest BCUT2D eigenvalue weighted by Gasteiger charge is 1.99. The molecular weight excluding hydrogens is 126 g/mol. The highest BCUT2D eigenvalue weighted by molar-refractivity contribution is 4.78. The van der Waals surface area contributed by atoms with Gasteiger partial charge in [-0.3, -0.25) is 0 Å². The smallest absolute Gasteiger partial charge is 0.0948 e. The molecule has 0 aliphatic carbocycles. The van der Waals surface area contributed by atoms with Crippen molar-refractivity contribution in [2.24, 2.45) is 5.73 Å². The van der Waals surface area contributed by atoms with Crippen molar-refractivity contribution in [3.8, 4) is 0 Å². The van der Waals surface area contributed by atoms with Crippen LogP contribution in [0.25, 0.3) is 0 Å². The van der Waals surface area contributed by atoms with Crippen molar-refractivity contribution in [1.82, 2.24) is 9.55 Å². The Morgan fingerprint density at radius 2 is 2.50 bits per heavy atom. The van der Waals surface area contributed by atoms with Gasteiger partial charge in [-0.1, -0.05) is 0 Å². The summed E-state index contributed by atoms with van der Waals surface area (Å²) in [5, 5.41) is 0. The summed E-state index contributed by atoms with van der Waals surface area (Å²) >= 11 is 0. The van der Waals surface area contributed by atoms with Gasteiger partial charge in [0, 0.05) is 18.4 Å². The van der Waals surface area contributed by atoms with Gasteiger partial charge < -0.3 is 10.3 Å². The van der Waals surface area contributed by atoms with Crippen LogP contribution in [0.15, 0.2) is 18.7 Å². The summed E-state index contributed by atoms with van der Waals surface area (Å²) in [7, 11) is 0. The molecule has 1 rings (SSSR count). The zero-order valence-corrected chi connectivity index (χ0v) is 6.20. The van der Waals surface area contributed by atoms with Gasteiger partial charge in [0.25, 0.3) is 0 Å². The minimum Gasteiger partial charge on any atom is -0.335 e. The van der Waals surface area contributed by atoms with Crippen LogP contribution < -0.4 is 5.73 Å². The SMILES string of the molecule is CC(CCN)n1ccnc1. The zero-order valence-electron chi connectivity index (χ0n) is 6.20. The molecule has 1 aromatic rings. The highest BCUT2D eigenvalue weighted by Crippen LogP contribution is 2.06. The van der Waals surface area contributed by atoms with Gasteiger partial charge in [0.1, 0.15) is 0 Å². The molecule has 3 heteroatoms. The molecule has 0 spiro atoms. The van der Waals surface area contributed by atoms with Crippen molar-refractivity contribution < 1.29 is 0 Å². The summed E-state index contributed by atoms with van der Waals surface area (Å²) in [5.74, 6) is 0. The normalized spacial score (nSPS) is 13.4. The van der Waals surface area contributed by atoms with Crippen molar-refractivity contribution in [2.45, 2.75) is 19.4 Å². The summed E-state index contributed by atoms with van der Waals surface area (Å²) in [4.78, 5) is 3.95. The Hall–Kier alpha value is -0.830. The predicted molar refractivity (Wildman–Crippen MR) is 40.6 cm³/mol. The van der Waals surface area contributed by atoms with Crippen molar-refractivity contribution in [3.05, 3.63) is 18.7 Å². The summed E-state index contributed by atoms with van der Waals surface area (Å²) in [6, 6.07) is 0.479. The van der Waals surface area contributed by atoms with Crippen LogP contribution in [0.1, 0.15) is 19.4 Å². The molecule has 0 saturated carbocycles. The first-order valence-corrected chi connectivity index (χ1v) is 3.52. The molecule has 0 saturated heterocycles. The van der Waals surface area contributed by atoms with Crippen molar-refractivity contribution in [2.75, 3.05) is 6.54 Å². The molecule has 0 aliphatic heterocycles. The summed E-state index contributed by atoms with van der Waals surface area (Å²) in [5.41, 5.74) is 5.40. The third-order valence-corrected chi connectivity index (χ3v) is 1.62. The maximum Gasteiger partial charge on any atom is 0.0948 e. The van der Waals surface area contributed by atoms with E-state index in [1.165, 1.54) is 0 Å². The summed E-state index contributed by atoms with van der Waals surface area (Å²) in [6.07, 6.45) is 6.57. The van der Waals surface area contributed by atoms with E-state index in [9.17, 15) is 0 Å². The quantitative estimate of drug-likeness (QED) is 0.673. The molecule has 1 atom stereocenters.